The van der Waals surface area contributed by atoms with Crippen molar-refractivity contribution in [2.24, 2.45) is 0 Å². The highest BCUT2D eigenvalue weighted by Gasteiger charge is 2.23. The Morgan fingerprint density at radius 3 is 2.75 bits per heavy atom. The molecule has 108 valence electrons. The maximum atomic E-state index is 12.2. The van der Waals surface area contributed by atoms with E-state index in [1.807, 2.05) is 13.8 Å². The Kier molecular flexibility index (Phi) is 4.22. The molecule has 3 N–H and O–H groups in total. The fraction of sp³-hybridized carbons (Fsp3) is 0.500. The van der Waals surface area contributed by atoms with Crippen molar-refractivity contribution in [1.82, 2.24) is 15.6 Å². The van der Waals surface area contributed by atoms with Gasteiger partial charge in [-0.25, -0.2) is 4.98 Å². The first-order valence-electron chi connectivity index (χ1n) is 6.77. The summed E-state index contributed by atoms with van der Waals surface area (Å²) in [5.41, 5.74) is 1.43. The van der Waals surface area contributed by atoms with Crippen LogP contribution in [0.5, 0.6) is 0 Å². The minimum Gasteiger partial charge on any atom is -0.373 e. The molecule has 0 spiro atoms. The van der Waals surface area contributed by atoms with Gasteiger partial charge in [0, 0.05) is 31.3 Å². The van der Waals surface area contributed by atoms with Crippen LogP contribution in [0.2, 0.25) is 0 Å². The summed E-state index contributed by atoms with van der Waals surface area (Å²) in [5, 5.41) is 8.53. The Morgan fingerprint density at radius 2 is 2.20 bits per heavy atom. The Hall–Kier alpha value is -2.11. The maximum Gasteiger partial charge on any atom is 0.251 e. The highest BCUT2D eigenvalue weighted by molar-refractivity contribution is 5.95. The van der Waals surface area contributed by atoms with E-state index in [9.17, 15) is 9.59 Å². The Balaban J connectivity index is 2.16. The zero-order valence-electron chi connectivity index (χ0n) is 12.0. The van der Waals surface area contributed by atoms with E-state index in [4.69, 9.17) is 0 Å². The molecular weight excluding hydrogens is 256 g/mol. The van der Waals surface area contributed by atoms with Crippen molar-refractivity contribution in [2.75, 3.05) is 18.9 Å². The summed E-state index contributed by atoms with van der Waals surface area (Å²) < 4.78 is 0. The van der Waals surface area contributed by atoms with Gasteiger partial charge in [-0.3, -0.25) is 9.59 Å². The zero-order chi connectivity index (χ0) is 14.7. The highest BCUT2D eigenvalue weighted by atomic mass is 16.2. The summed E-state index contributed by atoms with van der Waals surface area (Å²) in [5.74, 6) is 0.711. The van der Waals surface area contributed by atoms with Gasteiger partial charge in [0.15, 0.2) is 0 Å². The number of nitrogens with zero attached hydrogens (tertiary/aromatic N) is 1. The Bertz CT molecular complexity index is 528. The third-order valence-electron chi connectivity index (χ3n) is 3.27. The number of aromatic nitrogens is 1. The third kappa shape index (κ3) is 3.26. The van der Waals surface area contributed by atoms with Crippen LogP contribution in [0.15, 0.2) is 12.1 Å². The molecule has 1 aromatic heterocycles. The van der Waals surface area contributed by atoms with Gasteiger partial charge >= 0.3 is 0 Å². The average molecular weight is 276 g/mol. The topological polar surface area (TPSA) is 83.1 Å². The normalized spacial score (nSPS) is 18.0. The van der Waals surface area contributed by atoms with Crippen LogP contribution >= 0.6 is 0 Å². The molecule has 1 aromatic rings. The van der Waals surface area contributed by atoms with E-state index in [-0.39, 0.29) is 23.8 Å². The first-order valence-corrected chi connectivity index (χ1v) is 6.77. The fourth-order valence-electron chi connectivity index (χ4n) is 2.08. The summed E-state index contributed by atoms with van der Waals surface area (Å²) in [6.07, 6.45) is 0.340. The van der Waals surface area contributed by atoms with Crippen LogP contribution in [-0.4, -0.2) is 36.4 Å². The molecule has 1 fully saturated rings. The Labute approximate surface area is 118 Å². The summed E-state index contributed by atoms with van der Waals surface area (Å²) >= 11 is 0. The van der Waals surface area contributed by atoms with Gasteiger partial charge in [-0.05, 0) is 18.1 Å². The summed E-state index contributed by atoms with van der Waals surface area (Å²) in [6, 6.07) is 3.37. The first kappa shape index (κ1) is 14.3. The molecule has 0 saturated carbocycles. The van der Waals surface area contributed by atoms with Gasteiger partial charge in [0.2, 0.25) is 5.91 Å². The lowest BCUT2D eigenvalue weighted by molar-refractivity contribution is -0.119. The molecule has 6 heteroatoms. The van der Waals surface area contributed by atoms with Gasteiger partial charge in [0.05, 0.1) is 6.04 Å². The summed E-state index contributed by atoms with van der Waals surface area (Å²) in [7, 11) is 1.77. The number of pyridine rings is 1. The van der Waals surface area contributed by atoms with E-state index >= 15 is 0 Å². The zero-order valence-corrected chi connectivity index (χ0v) is 12.0. The van der Waals surface area contributed by atoms with Crippen molar-refractivity contribution in [3.63, 3.8) is 0 Å². The van der Waals surface area contributed by atoms with Crippen LogP contribution in [0, 0.1) is 0 Å². The number of hydrogen-bond donors (Lipinski definition) is 3. The second-order valence-electron chi connectivity index (χ2n) is 5.25. The number of nitrogens with one attached hydrogen (secondary N) is 3. The molecule has 1 saturated heterocycles. The van der Waals surface area contributed by atoms with Crippen LogP contribution in [0.25, 0.3) is 0 Å². The van der Waals surface area contributed by atoms with Crippen LogP contribution in [-0.2, 0) is 4.79 Å². The molecule has 0 radical (unpaired) electrons. The first-order chi connectivity index (χ1) is 9.49. The van der Waals surface area contributed by atoms with Crippen molar-refractivity contribution < 1.29 is 9.59 Å². The molecule has 6 nitrogen and oxygen atoms in total. The fourth-order valence-corrected chi connectivity index (χ4v) is 2.08. The lowest BCUT2D eigenvalue weighted by atomic mass is 10.1. The third-order valence-corrected chi connectivity index (χ3v) is 3.27. The van der Waals surface area contributed by atoms with Crippen LogP contribution in [0.1, 0.15) is 42.2 Å². The number of amides is 2. The average Bonchev–Trinajstić information content (AvgIpc) is 2.83. The van der Waals surface area contributed by atoms with E-state index in [1.54, 1.807) is 19.2 Å². The maximum absolute atomic E-state index is 12.2. The van der Waals surface area contributed by atoms with Crippen LogP contribution in [0.4, 0.5) is 5.82 Å². The minimum atomic E-state index is -0.174. The van der Waals surface area contributed by atoms with Crippen LogP contribution < -0.4 is 16.0 Å². The van der Waals surface area contributed by atoms with E-state index in [2.05, 4.69) is 20.9 Å². The van der Waals surface area contributed by atoms with E-state index in [0.717, 1.165) is 5.69 Å². The van der Waals surface area contributed by atoms with E-state index in [0.29, 0.717) is 24.3 Å². The van der Waals surface area contributed by atoms with E-state index in [1.165, 1.54) is 0 Å². The molecular formula is C14H20N4O2. The van der Waals surface area contributed by atoms with Crippen molar-refractivity contribution >= 4 is 17.6 Å². The van der Waals surface area contributed by atoms with Gasteiger partial charge < -0.3 is 16.0 Å². The molecule has 0 bridgehead atoms. The number of hydrogen-bond acceptors (Lipinski definition) is 4. The second kappa shape index (κ2) is 5.90. The lowest BCUT2D eigenvalue weighted by Gasteiger charge is -2.13. The van der Waals surface area contributed by atoms with Crippen molar-refractivity contribution in [1.29, 1.82) is 0 Å². The SMILES string of the molecule is CNc1cc(C(=O)NC2CNC(=O)C2)cc(C(C)C)n1. The van der Waals surface area contributed by atoms with Crippen molar-refractivity contribution in [2.45, 2.75) is 32.2 Å². The highest BCUT2D eigenvalue weighted by Crippen LogP contribution is 2.17. The summed E-state index contributed by atoms with van der Waals surface area (Å²) in [6.45, 7) is 4.55. The van der Waals surface area contributed by atoms with Gasteiger partial charge in [-0.15, -0.1) is 0 Å². The molecule has 1 unspecified atom stereocenters. The number of rotatable bonds is 4. The minimum absolute atomic E-state index is 0.0242. The molecule has 0 aliphatic carbocycles. The van der Waals surface area contributed by atoms with Gasteiger partial charge in [0.1, 0.15) is 5.82 Å². The smallest absolute Gasteiger partial charge is 0.251 e. The van der Waals surface area contributed by atoms with Gasteiger partial charge in [-0.1, -0.05) is 13.8 Å². The molecule has 20 heavy (non-hydrogen) atoms. The molecule has 2 rings (SSSR count). The van der Waals surface area contributed by atoms with E-state index < -0.39 is 0 Å². The van der Waals surface area contributed by atoms with Crippen molar-refractivity contribution in [3.05, 3.63) is 23.4 Å². The summed E-state index contributed by atoms with van der Waals surface area (Å²) in [4.78, 5) is 27.8. The number of carbonyl (C=O) groups excluding carboxylic acids is 2. The molecule has 1 aliphatic heterocycles. The monoisotopic (exact) mass is 276 g/mol. The van der Waals surface area contributed by atoms with Gasteiger partial charge in [0.25, 0.3) is 5.91 Å². The molecule has 0 aromatic carbocycles. The lowest BCUT2D eigenvalue weighted by Crippen LogP contribution is -2.36. The molecule has 1 atom stereocenters. The predicted molar refractivity (Wildman–Crippen MR) is 76.8 cm³/mol. The number of anilines is 1. The number of carbonyl (C=O) groups is 2. The molecule has 2 amide bonds. The standard InChI is InChI=1S/C14H20N4O2/c1-8(2)11-4-9(5-12(15-3)18-11)14(20)17-10-6-13(19)16-7-10/h4-5,8,10H,6-7H2,1-3H3,(H,15,18)(H,16,19)(H,17,20). The molecule has 1 aliphatic rings. The van der Waals surface area contributed by atoms with Crippen molar-refractivity contribution in [3.8, 4) is 0 Å². The quantitative estimate of drug-likeness (QED) is 0.762. The Morgan fingerprint density at radius 1 is 1.45 bits per heavy atom. The molecule has 2 heterocycles. The largest absolute Gasteiger partial charge is 0.373 e. The van der Waals surface area contributed by atoms with Gasteiger partial charge in [-0.2, -0.15) is 0 Å². The van der Waals surface area contributed by atoms with Crippen LogP contribution in [0.3, 0.4) is 0 Å². The second-order valence-corrected chi connectivity index (χ2v) is 5.25. The predicted octanol–water partition coefficient (Wildman–Crippen LogP) is 0.865.